The van der Waals surface area contributed by atoms with Crippen molar-refractivity contribution < 1.29 is 4.39 Å². The van der Waals surface area contributed by atoms with Gasteiger partial charge in [0.05, 0.1) is 0 Å². The molecular weight excluding hydrogens is 261 g/mol. The van der Waals surface area contributed by atoms with Crippen molar-refractivity contribution in [3.8, 4) is 0 Å². The average Bonchev–Trinajstić information content (AvgIpc) is 2.35. The first-order valence-electron chi connectivity index (χ1n) is 8.27. The maximum atomic E-state index is 13.8. The van der Waals surface area contributed by atoms with Crippen LogP contribution in [0.1, 0.15) is 64.0 Å². The van der Waals surface area contributed by atoms with Crippen LogP contribution in [0.5, 0.6) is 0 Å². The summed E-state index contributed by atoms with van der Waals surface area (Å²) < 4.78 is 13.8. The smallest absolute Gasteiger partial charge is 0.123 e. The molecule has 1 aromatic carbocycles. The molecule has 2 rings (SSSR count). The summed E-state index contributed by atoms with van der Waals surface area (Å²) in [5, 5.41) is 3.64. The van der Waals surface area contributed by atoms with E-state index in [2.05, 4.69) is 39.1 Å². The molecule has 1 aliphatic rings. The predicted octanol–water partition coefficient (Wildman–Crippen LogP) is 5.04. The van der Waals surface area contributed by atoms with Gasteiger partial charge in [-0.2, -0.15) is 0 Å². The van der Waals surface area contributed by atoms with Crippen LogP contribution in [0.3, 0.4) is 0 Å². The van der Waals surface area contributed by atoms with Gasteiger partial charge in [0, 0.05) is 5.54 Å². The van der Waals surface area contributed by atoms with E-state index in [-0.39, 0.29) is 11.4 Å². The highest BCUT2D eigenvalue weighted by molar-refractivity contribution is 5.27. The number of halogens is 1. The first-order chi connectivity index (χ1) is 9.74. The Morgan fingerprint density at radius 2 is 1.90 bits per heavy atom. The van der Waals surface area contributed by atoms with Crippen LogP contribution in [0, 0.1) is 24.6 Å². The Bertz CT molecular complexity index is 455. The SMILES string of the molecule is Cc1cc(F)cc(C2CC(C)CCC2CNC(C)(C)C)c1. The molecule has 0 aliphatic heterocycles. The van der Waals surface area contributed by atoms with Gasteiger partial charge in [-0.05, 0) is 88.1 Å². The third-order valence-electron chi connectivity index (χ3n) is 4.64. The van der Waals surface area contributed by atoms with E-state index in [1.54, 1.807) is 12.1 Å². The molecule has 1 aliphatic carbocycles. The fourth-order valence-corrected chi connectivity index (χ4v) is 3.51. The molecule has 1 aromatic rings. The van der Waals surface area contributed by atoms with Gasteiger partial charge in [-0.3, -0.25) is 0 Å². The van der Waals surface area contributed by atoms with Crippen LogP contribution in [0.15, 0.2) is 18.2 Å². The molecule has 1 nitrogen and oxygen atoms in total. The van der Waals surface area contributed by atoms with Crippen molar-refractivity contribution in [1.29, 1.82) is 0 Å². The van der Waals surface area contributed by atoms with E-state index in [0.717, 1.165) is 18.0 Å². The molecule has 3 atom stereocenters. The van der Waals surface area contributed by atoms with Gasteiger partial charge in [-0.1, -0.05) is 19.4 Å². The number of rotatable bonds is 3. The first-order valence-corrected chi connectivity index (χ1v) is 8.27. The van der Waals surface area contributed by atoms with Gasteiger partial charge in [-0.25, -0.2) is 4.39 Å². The van der Waals surface area contributed by atoms with Crippen molar-refractivity contribution in [2.24, 2.45) is 11.8 Å². The minimum atomic E-state index is -0.0919. The van der Waals surface area contributed by atoms with Crippen molar-refractivity contribution in [1.82, 2.24) is 5.32 Å². The molecular formula is C19H30FN. The predicted molar refractivity (Wildman–Crippen MR) is 88.1 cm³/mol. The molecule has 0 bridgehead atoms. The lowest BCUT2D eigenvalue weighted by molar-refractivity contribution is 0.226. The van der Waals surface area contributed by atoms with E-state index >= 15 is 0 Å². The summed E-state index contributed by atoms with van der Waals surface area (Å²) in [5.41, 5.74) is 2.37. The zero-order valence-electron chi connectivity index (χ0n) is 14.2. The van der Waals surface area contributed by atoms with E-state index < -0.39 is 0 Å². The Morgan fingerprint density at radius 1 is 1.19 bits per heavy atom. The Kier molecular flexibility index (Phi) is 5.08. The normalized spacial score (nSPS) is 26.9. The maximum Gasteiger partial charge on any atom is 0.123 e. The van der Waals surface area contributed by atoms with Crippen LogP contribution in [0.4, 0.5) is 4.39 Å². The third-order valence-corrected chi connectivity index (χ3v) is 4.64. The molecule has 3 unspecified atom stereocenters. The van der Waals surface area contributed by atoms with Crippen LogP contribution in [0.2, 0.25) is 0 Å². The second-order valence-corrected chi connectivity index (χ2v) is 7.98. The molecule has 21 heavy (non-hydrogen) atoms. The molecule has 1 N–H and O–H groups in total. The van der Waals surface area contributed by atoms with Gasteiger partial charge in [0.2, 0.25) is 0 Å². The van der Waals surface area contributed by atoms with Crippen molar-refractivity contribution in [2.45, 2.75) is 65.3 Å². The van der Waals surface area contributed by atoms with Crippen molar-refractivity contribution in [3.05, 3.63) is 35.1 Å². The summed E-state index contributed by atoms with van der Waals surface area (Å²) in [6.07, 6.45) is 3.71. The minimum Gasteiger partial charge on any atom is -0.312 e. The van der Waals surface area contributed by atoms with Crippen LogP contribution in [-0.4, -0.2) is 12.1 Å². The fraction of sp³-hybridized carbons (Fsp3) is 0.684. The van der Waals surface area contributed by atoms with E-state index in [1.807, 2.05) is 6.92 Å². The number of benzene rings is 1. The lowest BCUT2D eigenvalue weighted by Crippen LogP contribution is -2.41. The lowest BCUT2D eigenvalue weighted by atomic mass is 9.71. The van der Waals surface area contributed by atoms with Gasteiger partial charge in [0.1, 0.15) is 5.82 Å². The maximum absolute atomic E-state index is 13.8. The molecule has 2 heteroatoms. The molecule has 0 aromatic heterocycles. The summed E-state index contributed by atoms with van der Waals surface area (Å²) in [7, 11) is 0. The van der Waals surface area contributed by atoms with E-state index in [0.29, 0.717) is 11.8 Å². The van der Waals surface area contributed by atoms with Gasteiger partial charge < -0.3 is 5.32 Å². The largest absolute Gasteiger partial charge is 0.312 e. The van der Waals surface area contributed by atoms with Gasteiger partial charge >= 0.3 is 0 Å². The summed E-state index contributed by atoms with van der Waals surface area (Å²) >= 11 is 0. The topological polar surface area (TPSA) is 12.0 Å². The van der Waals surface area contributed by atoms with Gasteiger partial charge in [-0.15, -0.1) is 0 Å². The van der Waals surface area contributed by atoms with E-state index in [4.69, 9.17) is 0 Å². The molecule has 0 spiro atoms. The van der Waals surface area contributed by atoms with Crippen LogP contribution in [-0.2, 0) is 0 Å². The second-order valence-electron chi connectivity index (χ2n) is 7.98. The van der Waals surface area contributed by atoms with Crippen molar-refractivity contribution in [3.63, 3.8) is 0 Å². The molecule has 0 radical (unpaired) electrons. The molecule has 118 valence electrons. The standard InChI is InChI=1S/C19H30FN/c1-13-6-7-15(12-21-19(3,4)5)18(10-13)16-8-14(2)9-17(20)11-16/h8-9,11,13,15,18,21H,6-7,10,12H2,1-5H3. The van der Waals surface area contributed by atoms with E-state index in [9.17, 15) is 4.39 Å². The minimum absolute atomic E-state index is 0.0919. The summed E-state index contributed by atoms with van der Waals surface area (Å²) in [4.78, 5) is 0. The second kappa shape index (κ2) is 6.48. The first kappa shape index (κ1) is 16.5. The Hall–Kier alpha value is -0.890. The average molecular weight is 291 g/mol. The fourth-order valence-electron chi connectivity index (χ4n) is 3.51. The highest BCUT2D eigenvalue weighted by atomic mass is 19.1. The number of hydrogen-bond donors (Lipinski definition) is 1. The summed E-state index contributed by atoms with van der Waals surface area (Å²) in [6, 6.07) is 5.55. The summed E-state index contributed by atoms with van der Waals surface area (Å²) in [5.74, 6) is 1.75. The molecule has 1 saturated carbocycles. The lowest BCUT2D eigenvalue weighted by Gasteiger charge is -2.37. The zero-order valence-corrected chi connectivity index (χ0v) is 14.2. The number of nitrogens with one attached hydrogen (secondary N) is 1. The number of aryl methyl sites for hydroxylation is 1. The molecule has 0 amide bonds. The highest BCUT2D eigenvalue weighted by Gasteiger charge is 2.30. The van der Waals surface area contributed by atoms with Crippen LogP contribution in [0.25, 0.3) is 0 Å². The zero-order chi connectivity index (χ0) is 15.6. The molecule has 0 heterocycles. The molecule has 1 fully saturated rings. The Labute approximate surface area is 129 Å². The van der Waals surface area contributed by atoms with Crippen molar-refractivity contribution in [2.75, 3.05) is 6.54 Å². The Balaban J connectivity index is 2.18. The van der Waals surface area contributed by atoms with E-state index in [1.165, 1.54) is 24.8 Å². The summed E-state index contributed by atoms with van der Waals surface area (Å²) in [6.45, 7) is 12.0. The highest BCUT2D eigenvalue weighted by Crippen LogP contribution is 2.40. The van der Waals surface area contributed by atoms with Crippen LogP contribution < -0.4 is 5.32 Å². The van der Waals surface area contributed by atoms with Crippen LogP contribution >= 0.6 is 0 Å². The van der Waals surface area contributed by atoms with Gasteiger partial charge in [0.25, 0.3) is 0 Å². The van der Waals surface area contributed by atoms with Crippen molar-refractivity contribution >= 4 is 0 Å². The Morgan fingerprint density at radius 3 is 2.52 bits per heavy atom. The molecule has 0 saturated heterocycles. The monoisotopic (exact) mass is 291 g/mol. The quantitative estimate of drug-likeness (QED) is 0.822. The third kappa shape index (κ3) is 4.81. The van der Waals surface area contributed by atoms with Gasteiger partial charge in [0.15, 0.2) is 0 Å². The number of hydrogen-bond acceptors (Lipinski definition) is 1.